The van der Waals surface area contributed by atoms with Crippen LogP contribution in [0.25, 0.3) is 22.3 Å². The molecule has 0 fully saturated rings. The van der Waals surface area contributed by atoms with Gasteiger partial charge in [0.25, 0.3) is 5.91 Å². The second-order valence-corrected chi connectivity index (χ2v) is 4.49. The molecule has 1 amide bonds. The number of carbonyl (C=O) groups is 1. The monoisotopic (exact) mass is 296 g/mol. The van der Waals surface area contributed by atoms with Gasteiger partial charge in [-0.3, -0.25) is 15.0 Å². The number of nitrogens with one attached hydrogen (secondary N) is 1. The number of hydrogen-bond acceptors (Lipinski definition) is 6. The third-order valence-electron chi connectivity index (χ3n) is 3.15. The molecule has 0 unspecified atom stereocenters. The zero-order valence-corrected chi connectivity index (χ0v) is 11.6. The Bertz CT molecular complexity index is 834. The van der Waals surface area contributed by atoms with Crippen molar-refractivity contribution in [2.45, 2.75) is 0 Å². The predicted molar refractivity (Wildman–Crippen MR) is 78.6 cm³/mol. The topological polar surface area (TPSA) is 97.2 Å². The van der Waals surface area contributed by atoms with Crippen LogP contribution in [0.15, 0.2) is 42.7 Å². The third-order valence-corrected chi connectivity index (χ3v) is 3.15. The molecule has 0 aliphatic carbocycles. The van der Waals surface area contributed by atoms with Crippen LogP contribution in [0.3, 0.4) is 0 Å². The quantitative estimate of drug-likeness (QED) is 0.565. The Hall–Kier alpha value is -3.06. The molecular formula is C15H12N4O3. The van der Waals surface area contributed by atoms with Gasteiger partial charge in [0.15, 0.2) is 0 Å². The van der Waals surface area contributed by atoms with Crippen molar-refractivity contribution in [3.05, 3.63) is 48.3 Å². The fourth-order valence-corrected chi connectivity index (χ4v) is 2.01. The van der Waals surface area contributed by atoms with Crippen LogP contribution in [-0.4, -0.2) is 33.2 Å². The van der Waals surface area contributed by atoms with Gasteiger partial charge in [-0.15, -0.1) is 0 Å². The van der Waals surface area contributed by atoms with Gasteiger partial charge in [0.2, 0.25) is 5.88 Å². The SMILES string of the molecule is COc1ccc(-c2cnc3ccc(C(=O)NO)cc3n2)cn1. The summed E-state index contributed by atoms with van der Waals surface area (Å²) in [5, 5.41) is 8.69. The molecule has 7 heteroatoms. The highest BCUT2D eigenvalue weighted by Gasteiger charge is 2.08. The van der Waals surface area contributed by atoms with Crippen molar-refractivity contribution in [2.24, 2.45) is 0 Å². The number of aromatic nitrogens is 3. The van der Waals surface area contributed by atoms with Gasteiger partial charge in [0.05, 0.1) is 30.0 Å². The fraction of sp³-hybridized carbons (Fsp3) is 0.0667. The Morgan fingerprint density at radius 1 is 1.14 bits per heavy atom. The molecule has 2 heterocycles. The van der Waals surface area contributed by atoms with Crippen molar-refractivity contribution in [2.75, 3.05) is 7.11 Å². The van der Waals surface area contributed by atoms with Crippen molar-refractivity contribution in [1.82, 2.24) is 20.4 Å². The lowest BCUT2D eigenvalue weighted by Gasteiger charge is -2.05. The van der Waals surface area contributed by atoms with Gasteiger partial charge in [0.1, 0.15) is 0 Å². The summed E-state index contributed by atoms with van der Waals surface area (Å²) in [6.45, 7) is 0. The first-order chi connectivity index (χ1) is 10.7. The number of benzene rings is 1. The van der Waals surface area contributed by atoms with Crippen LogP contribution in [-0.2, 0) is 0 Å². The van der Waals surface area contributed by atoms with Crippen LogP contribution in [0.4, 0.5) is 0 Å². The van der Waals surface area contributed by atoms with Crippen LogP contribution >= 0.6 is 0 Å². The molecular weight excluding hydrogens is 284 g/mol. The third kappa shape index (κ3) is 2.57. The molecule has 2 aromatic heterocycles. The molecule has 3 aromatic rings. The Kier molecular flexibility index (Phi) is 3.63. The second-order valence-electron chi connectivity index (χ2n) is 4.49. The fourth-order valence-electron chi connectivity index (χ4n) is 2.01. The number of nitrogens with zero attached hydrogens (tertiary/aromatic N) is 3. The van der Waals surface area contributed by atoms with E-state index in [1.54, 1.807) is 49.2 Å². The summed E-state index contributed by atoms with van der Waals surface area (Å²) in [6.07, 6.45) is 3.27. The van der Waals surface area contributed by atoms with Gasteiger partial charge in [-0.2, -0.15) is 0 Å². The number of fused-ring (bicyclic) bond motifs is 1. The van der Waals surface area contributed by atoms with E-state index in [1.807, 2.05) is 6.07 Å². The lowest BCUT2D eigenvalue weighted by atomic mass is 10.1. The summed E-state index contributed by atoms with van der Waals surface area (Å²) >= 11 is 0. The summed E-state index contributed by atoms with van der Waals surface area (Å²) in [6, 6.07) is 8.36. The smallest absolute Gasteiger partial charge is 0.274 e. The van der Waals surface area contributed by atoms with E-state index in [-0.39, 0.29) is 0 Å². The minimum Gasteiger partial charge on any atom is -0.481 e. The number of amides is 1. The second kappa shape index (κ2) is 5.74. The average Bonchev–Trinajstić information content (AvgIpc) is 2.60. The van der Waals surface area contributed by atoms with E-state index in [0.717, 1.165) is 5.56 Å². The molecule has 0 aliphatic rings. The summed E-state index contributed by atoms with van der Waals surface area (Å²) in [7, 11) is 1.55. The maximum absolute atomic E-state index is 11.4. The molecule has 22 heavy (non-hydrogen) atoms. The number of hydroxylamine groups is 1. The molecule has 0 atom stereocenters. The highest BCUT2D eigenvalue weighted by atomic mass is 16.5. The lowest BCUT2D eigenvalue weighted by Crippen LogP contribution is -2.18. The van der Waals surface area contributed by atoms with Crippen molar-refractivity contribution >= 4 is 16.9 Å². The maximum Gasteiger partial charge on any atom is 0.274 e. The van der Waals surface area contributed by atoms with E-state index < -0.39 is 5.91 Å². The van der Waals surface area contributed by atoms with Gasteiger partial charge in [-0.05, 0) is 24.3 Å². The van der Waals surface area contributed by atoms with Crippen LogP contribution in [0.2, 0.25) is 0 Å². The molecule has 0 aliphatic heterocycles. The molecule has 110 valence electrons. The summed E-state index contributed by atoms with van der Waals surface area (Å²) in [5.74, 6) is -0.0837. The zero-order valence-electron chi connectivity index (χ0n) is 11.6. The largest absolute Gasteiger partial charge is 0.481 e. The van der Waals surface area contributed by atoms with Crippen molar-refractivity contribution in [1.29, 1.82) is 0 Å². The number of pyridine rings is 1. The summed E-state index contributed by atoms with van der Waals surface area (Å²) in [4.78, 5) is 24.4. The standard InChI is InChI=1S/C15H12N4O3/c1-22-14-5-3-10(7-17-14)13-8-16-11-4-2-9(15(20)19-21)6-12(11)18-13/h2-8,21H,1H3,(H,19,20). The van der Waals surface area contributed by atoms with Crippen LogP contribution in [0.5, 0.6) is 5.88 Å². The van der Waals surface area contributed by atoms with E-state index in [2.05, 4.69) is 15.0 Å². The van der Waals surface area contributed by atoms with E-state index in [1.165, 1.54) is 0 Å². The molecule has 0 spiro atoms. The average molecular weight is 296 g/mol. The lowest BCUT2D eigenvalue weighted by molar-refractivity contribution is 0.0706. The number of methoxy groups -OCH3 is 1. The molecule has 0 saturated heterocycles. The normalized spacial score (nSPS) is 10.5. The van der Waals surface area contributed by atoms with Crippen LogP contribution in [0.1, 0.15) is 10.4 Å². The van der Waals surface area contributed by atoms with Gasteiger partial charge >= 0.3 is 0 Å². The maximum atomic E-state index is 11.4. The number of ether oxygens (including phenoxy) is 1. The minimum atomic E-state index is -0.597. The highest BCUT2D eigenvalue weighted by Crippen LogP contribution is 2.20. The molecule has 0 radical (unpaired) electrons. The van der Waals surface area contributed by atoms with Gasteiger partial charge in [-0.1, -0.05) is 0 Å². The first-order valence-corrected chi connectivity index (χ1v) is 6.43. The van der Waals surface area contributed by atoms with Crippen LogP contribution < -0.4 is 10.2 Å². The Labute approximate surface area is 125 Å². The number of rotatable bonds is 3. The highest BCUT2D eigenvalue weighted by molar-refractivity contribution is 5.96. The summed E-state index contributed by atoms with van der Waals surface area (Å²) < 4.78 is 5.01. The van der Waals surface area contributed by atoms with Gasteiger partial charge in [-0.25, -0.2) is 15.4 Å². The first kappa shape index (κ1) is 13.9. The summed E-state index contributed by atoms with van der Waals surface area (Å²) in [5.41, 5.74) is 4.51. The van der Waals surface area contributed by atoms with Crippen molar-refractivity contribution < 1.29 is 14.7 Å². The molecule has 2 N–H and O–H groups in total. The van der Waals surface area contributed by atoms with Gasteiger partial charge < -0.3 is 4.74 Å². The van der Waals surface area contributed by atoms with Crippen LogP contribution in [0, 0.1) is 0 Å². The van der Waals surface area contributed by atoms with E-state index in [4.69, 9.17) is 9.94 Å². The first-order valence-electron chi connectivity index (χ1n) is 6.43. The minimum absolute atomic E-state index is 0.300. The Morgan fingerprint density at radius 2 is 2.00 bits per heavy atom. The Balaban J connectivity index is 2.05. The van der Waals surface area contributed by atoms with E-state index in [0.29, 0.717) is 28.2 Å². The van der Waals surface area contributed by atoms with Crippen molar-refractivity contribution in [3.8, 4) is 17.1 Å². The van der Waals surface area contributed by atoms with E-state index >= 15 is 0 Å². The number of carbonyl (C=O) groups excluding carboxylic acids is 1. The van der Waals surface area contributed by atoms with Gasteiger partial charge in [0, 0.05) is 23.4 Å². The molecule has 3 rings (SSSR count). The Morgan fingerprint density at radius 3 is 2.68 bits per heavy atom. The molecule has 7 nitrogen and oxygen atoms in total. The predicted octanol–water partition coefficient (Wildman–Crippen LogP) is 1.82. The van der Waals surface area contributed by atoms with Crippen molar-refractivity contribution in [3.63, 3.8) is 0 Å². The zero-order chi connectivity index (χ0) is 15.5. The molecule has 1 aromatic carbocycles. The molecule has 0 bridgehead atoms. The number of hydrogen-bond donors (Lipinski definition) is 2. The molecule has 0 saturated carbocycles. The van der Waals surface area contributed by atoms with E-state index in [9.17, 15) is 4.79 Å².